The van der Waals surface area contributed by atoms with E-state index in [1.165, 1.54) is 17.8 Å². The maximum Gasteiger partial charge on any atom is 0.403 e. The summed E-state index contributed by atoms with van der Waals surface area (Å²) in [4.78, 5) is 21.7. The molecule has 0 atom stereocenters. The highest BCUT2D eigenvalue weighted by Crippen LogP contribution is 2.27. The van der Waals surface area contributed by atoms with Crippen molar-refractivity contribution in [3.63, 3.8) is 0 Å². The van der Waals surface area contributed by atoms with Crippen molar-refractivity contribution in [3.8, 4) is 6.07 Å². The number of nitrogens with one attached hydrogen (secondary N) is 2. The van der Waals surface area contributed by atoms with Gasteiger partial charge in [0.15, 0.2) is 5.75 Å². The van der Waals surface area contributed by atoms with E-state index in [0.717, 1.165) is 42.0 Å². The van der Waals surface area contributed by atoms with Gasteiger partial charge in [-0.15, -0.1) is 0 Å². The van der Waals surface area contributed by atoms with Gasteiger partial charge in [0.25, 0.3) is 5.56 Å². The van der Waals surface area contributed by atoms with Crippen LogP contribution in [0.25, 0.3) is 16.6 Å². The Hall–Kier alpha value is -4.48. The molecule has 0 fully saturated rings. The van der Waals surface area contributed by atoms with Crippen LogP contribution in [0, 0.1) is 11.3 Å². The molecule has 0 amide bonds. The van der Waals surface area contributed by atoms with Gasteiger partial charge in [0.1, 0.15) is 17.3 Å². The van der Waals surface area contributed by atoms with Crippen molar-refractivity contribution in [2.75, 3.05) is 24.2 Å². The zero-order valence-corrected chi connectivity index (χ0v) is 21.5. The zero-order valence-electron chi connectivity index (χ0n) is 20.7. The first-order valence-corrected chi connectivity index (χ1v) is 13.6. The number of halogens is 3. The molecule has 0 unspecified atom stereocenters. The molecule has 0 saturated carbocycles. The highest BCUT2D eigenvalue weighted by Gasteiger charge is 2.38. The number of hydrogen-bond acceptors (Lipinski definition) is 9. The summed E-state index contributed by atoms with van der Waals surface area (Å²) in [5.41, 5.74) is 1.75. The summed E-state index contributed by atoms with van der Waals surface area (Å²) in [5, 5.41) is 15.1. The second kappa shape index (κ2) is 10.6. The predicted octanol–water partition coefficient (Wildman–Crippen LogP) is 3.76. The monoisotopic (exact) mass is 570 g/mol. The topological polar surface area (TPSA) is 143 Å². The van der Waals surface area contributed by atoms with E-state index in [1.807, 2.05) is 24.3 Å². The lowest BCUT2D eigenvalue weighted by molar-refractivity contribution is -0.106. The number of rotatable bonds is 7. The van der Waals surface area contributed by atoms with Crippen molar-refractivity contribution in [1.82, 2.24) is 19.9 Å². The number of anilines is 2. The number of nitriles is 1. The summed E-state index contributed by atoms with van der Waals surface area (Å²) in [5.74, 6) is -2.02. The molecule has 1 aliphatic heterocycles. The van der Waals surface area contributed by atoms with Crippen LogP contribution in [0.4, 0.5) is 24.8 Å². The lowest BCUT2D eigenvalue weighted by Gasteiger charge is -2.15. The number of aromatic nitrogens is 3. The molecule has 3 aromatic heterocycles. The van der Waals surface area contributed by atoms with E-state index >= 15 is 0 Å². The van der Waals surface area contributed by atoms with Crippen LogP contribution >= 0.6 is 0 Å². The Bertz CT molecular complexity index is 1820. The minimum absolute atomic E-state index is 0.0401. The second-order valence-electron chi connectivity index (χ2n) is 9.03. The zero-order chi connectivity index (χ0) is 28.5. The third-order valence-corrected chi connectivity index (χ3v) is 7.83. The molecule has 14 heteroatoms. The summed E-state index contributed by atoms with van der Waals surface area (Å²) in [6, 6.07) is 11.8. The van der Waals surface area contributed by atoms with Crippen molar-refractivity contribution in [2.45, 2.75) is 24.2 Å². The number of benzene rings is 1. The number of sulfone groups is 1. The average Bonchev–Trinajstić information content (AvgIpc) is 3.39. The fourth-order valence-corrected chi connectivity index (χ4v) is 5.69. The first-order chi connectivity index (χ1) is 19.0. The highest BCUT2D eigenvalue weighted by molar-refractivity contribution is 7.91. The van der Waals surface area contributed by atoms with Gasteiger partial charge in [-0.25, -0.2) is 13.4 Å². The Morgan fingerprint density at radius 1 is 1.20 bits per heavy atom. The van der Waals surface area contributed by atoms with Crippen LogP contribution in [0.3, 0.4) is 0 Å². The average molecular weight is 571 g/mol. The first-order valence-electron chi connectivity index (χ1n) is 12.0. The summed E-state index contributed by atoms with van der Waals surface area (Å²) in [6.45, 7) is 1.20. The van der Waals surface area contributed by atoms with E-state index in [4.69, 9.17) is 4.42 Å². The Morgan fingerprint density at radius 3 is 2.65 bits per heavy atom. The van der Waals surface area contributed by atoms with Gasteiger partial charge in [0.2, 0.25) is 20.9 Å². The molecule has 0 radical (unpaired) electrons. The van der Waals surface area contributed by atoms with Crippen LogP contribution in [-0.4, -0.2) is 48.0 Å². The van der Waals surface area contributed by atoms with Gasteiger partial charge in [-0.3, -0.25) is 9.36 Å². The van der Waals surface area contributed by atoms with Crippen molar-refractivity contribution >= 4 is 38.1 Å². The molecule has 0 bridgehead atoms. The van der Waals surface area contributed by atoms with Crippen LogP contribution in [-0.2, 0) is 16.4 Å². The van der Waals surface area contributed by atoms with Gasteiger partial charge in [0.05, 0.1) is 12.8 Å². The number of alkyl halides is 3. The molecule has 4 heterocycles. The molecule has 1 aliphatic rings. The second-order valence-corrected chi connectivity index (χ2v) is 10.9. The molecule has 0 aliphatic carbocycles. The van der Waals surface area contributed by atoms with Crippen molar-refractivity contribution in [3.05, 3.63) is 82.0 Å². The fourth-order valence-electron chi connectivity index (χ4n) is 4.39. The summed E-state index contributed by atoms with van der Waals surface area (Å²) < 4.78 is 69.3. The minimum atomic E-state index is -5.00. The summed E-state index contributed by atoms with van der Waals surface area (Å²) in [7, 11) is -4.89. The predicted molar refractivity (Wildman–Crippen MR) is 140 cm³/mol. The highest BCUT2D eigenvalue weighted by atomic mass is 32.2. The molecule has 206 valence electrons. The smallest absolute Gasteiger partial charge is 0.403 e. The van der Waals surface area contributed by atoms with Crippen molar-refractivity contribution in [2.24, 2.45) is 0 Å². The minimum Gasteiger partial charge on any atom is -0.453 e. The van der Waals surface area contributed by atoms with Gasteiger partial charge in [-0.1, -0.05) is 18.2 Å². The standard InChI is InChI=1S/C26H21F3N6O4S/c27-26(28,29)15-40(37,38)24-18(7-10-39-24)14-35-22-20(11-19(12-30)23(35)36)13-32-25(34-22)33-21-3-1-16(2-4-21)17-5-8-31-9-6-17/h1-5,7,10-11,13,31H,6,8-9,14-15H2,(H,32,33,34). The lowest BCUT2D eigenvalue weighted by atomic mass is 10.0. The molecule has 4 aromatic rings. The maximum atomic E-state index is 13.1. The third-order valence-electron chi connectivity index (χ3n) is 6.19. The van der Waals surface area contributed by atoms with Crippen LogP contribution in [0.15, 0.2) is 69.2 Å². The number of pyridine rings is 1. The van der Waals surface area contributed by atoms with Crippen LogP contribution in [0.1, 0.15) is 23.1 Å². The molecular weight excluding hydrogens is 549 g/mol. The van der Waals surface area contributed by atoms with E-state index in [2.05, 4.69) is 26.7 Å². The van der Waals surface area contributed by atoms with E-state index in [1.54, 1.807) is 6.07 Å². The SMILES string of the molecule is N#Cc1cc2cnc(Nc3ccc(C4=CCNCC4)cc3)nc2n(Cc2ccoc2S(=O)(=O)CC(F)(F)F)c1=O. The van der Waals surface area contributed by atoms with Crippen LogP contribution < -0.4 is 16.2 Å². The Kier molecular flexibility index (Phi) is 7.17. The van der Waals surface area contributed by atoms with Crippen molar-refractivity contribution < 1.29 is 26.0 Å². The van der Waals surface area contributed by atoms with E-state index in [0.29, 0.717) is 5.69 Å². The number of fused-ring (bicyclic) bond motifs is 1. The normalized spacial score (nSPS) is 14.1. The molecule has 40 heavy (non-hydrogen) atoms. The first kappa shape index (κ1) is 27.1. The summed E-state index contributed by atoms with van der Waals surface area (Å²) >= 11 is 0. The molecule has 5 rings (SSSR count). The largest absolute Gasteiger partial charge is 0.453 e. The lowest BCUT2D eigenvalue weighted by Crippen LogP contribution is -2.26. The number of hydrogen-bond donors (Lipinski definition) is 2. The third kappa shape index (κ3) is 5.75. The Balaban J connectivity index is 1.50. The molecular formula is C26H21F3N6O4S. The number of furan rings is 1. The van der Waals surface area contributed by atoms with Crippen molar-refractivity contribution in [1.29, 1.82) is 5.26 Å². The number of nitrogens with zero attached hydrogens (tertiary/aromatic N) is 4. The molecule has 0 saturated heterocycles. The molecule has 1 aromatic carbocycles. The van der Waals surface area contributed by atoms with Gasteiger partial charge in [-0.2, -0.15) is 23.4 Å². The van der Waals surface area contributed by atoms with Crippen LogP contribution in [0.2, 0.25) is 0 Å². The van der Waals surface area contributed by atoms with Gasteiger partial charge in [-0.05, 0) is 48.4 Å². The fraction of sp³-hybridized carbons (Fsp3) is 0.231. The Labute approximate surface area is 225 Å². The van der Waals surface area contributed by atoms with Gasteiger partial charge in [0, 0.05) is 29.4 Å². The van der Waals surface area contributed by atoms with E-state index in [9.17, 15) is 31.6 Å². The summed E-state index contributed by atoms with van der Waals surface area (Å²) in [6.07, 6.45) is 0.354. The quantitative estimate of drug-likeness (QED) is 0.340. The molecule has 10 nitrogen and oxygen atoms in total. The maximum absolute atomic E-state index is 13.1. The van der Waals surface area contributed by atoms with Crippen LogP contribution in [0.5, 0.6) is 0 Å². The van der Waals surface area contributed by atoms with E-state index < -0.39 is 39.0 Å². The van der Waals surface area contributed by atoms with Gasteiger partial charge >= 0.3 is 6.18 Å². The van der Waals surface area contributed by atoms with E-state index in [-0.39, 0.29) is 28.1 Å². The molecule has 0 spiro atoms. The Morgan fingerprint density at radius 2 is 1.98 bits per heavy atom. The molecule has 2 N–H and O–H groups in total. The van der Waals surface area contributed by atoms with Gasteiger partial charge < -0.3 is 15.1 Å².